The third-order valence-corrected chi connectivity index (χ3v) is 4.39. The third-order valence-electron chi connectivity index (χ3n) is 4.39. The fourth-order valence-corrected chi connectivity index (χ4v) is 2.90. The predicted octanol–water partition coefficient (Wildman–Crippen LogP) is 2.53. The summed E-state index contributed by atoms with van der Waals surface area (Å²) in [7, 11) is 0. The lowest BCUT2D eigenvalue weighted by molar-refractivity contribution is 0.0514. The van der Waals surface area contributed by atoms with E-state index in [4.69, 9.17) is 4.74 Å². The van der Waals surface area contributed by atoms with E-state index in [9.17, 15) is 9.90 Å². The summed E-state index contributed by atoms with van der Waals surface area (Å²) >= 11 is 0. The molecule has 0 heterocycles. The van der Waals surface area contributed by atoms with Gasteiger partial charge in [-0.3, -0.25) is 0 Å². The van der Waals surface area contributed by atoms with Gasteiger partial charge in [0, 0.05) is 25.7 Å². The molecule has 1 rings (SSSR count). The highest BCUT2D eigenvalue weighted by molar-refractivity contribution is 5.67. The summed E-state index contributed by atoms with van der Waals surface area (Å²) in [6.07, 6.45) is 3.07. The zero-order chi connectivity index (χ0) is 16.8. The van der Waals surface area contributed by atoms with E-state index in [-0.39, 0.29) is 12.7 Å². The molecule has 0 radical (unpaired) electrons. The van der Waals surface area contributed by atoms with Gasteiger partial charge in [-0.2, -0.15) is 0 Å². The van der Waals surface area contributed by atoms with Gasteiger partial charge in [0.15, 0.2) is 0 Å². The van der Waals surface area contributed by atoms with Crippen LogP contribution in [-0.4, -0.2) is 42.5 Å². The first kappa shape index (κ1) is 19.2. The molecular formula is C17H34N2O3. The summed E-state index contributed by atoms with van der Waals surface area (Å²) in [6, 6.07) is 0.410. The van der Waals surface area contributed by atoms with Crippen molar-refractivity contribution in [1.82, 2.24) is 10.6 Å². The molecule has 5 nitrogen and oxygen atoms in total. The molecule has 22 heavy (non-hydrogen) atoms. The van der Waals surface area contributed by atoms with Crippen molar-refractivity contribution in [3.8, 4) is 0 Å². The van der Waals surface area contributed by atoms with Gasteiger partial charge in [-0.1, -0.05) is 20.3 Å². The molecule has 1 aliphatic rings. The van der Waals surface area contributed by atoms with Crippen molar-refractivity contribution in [1.29, 1.82) is 0 Å². The average Bonchev–Trinajstić information content (AvgIpc) is 2.83. The molecule has 0 aromatic heterocycles. The fourth-order valence-electron chi connectivity index (χ4n) is 2.90. The van der Waals surface area contributed by atoms with Gasteiger partial charge in [0.1, 0.15) is 5.60 Å². The number of hydrogen-bond donors (Lipinski definition) is 3. The highest BCUT2D eigenvalue weighted by Crippen LogP contribution is 2.25. The average molecular weight is 314 g/mol. The fraction of sp³-hybridized carbons (Fsp3) is 0.941. The molecular weight excluding hydrogens is 280 g/mol. The molecule has 1 saturated carbocycles. The van der Waals surface area contributed by atoms with Crippen LogP contribution in [0.2, 0.25) is 0 Å². The number of carbonyl (C=O) groups is 1. The molecule has 1 amide bonds. The first-order valence-electron chi connectivity index (χ1n) is 8.54. The van der Waals surface area contributed by atoms with Gasteiger partial charge in [0.25, 0.3) is 0 Å². The lowest BCUT2D eigenvalue weighted by atomic mass is 9.94. The van der Waals surface area contributed by atoms with E-state index in [0.29, 0.717) is 30.3 Å². The van der Waals surface area contributed by atoms with E-state index in [0.717, 1.165) is 19.4 Å². The van der Waals surface area contributed by atoms with E-state index in [1.54, 1.807) is 0 Å². The number of ether oxygens (including phenoxy) is 1. The second-order valence-electron chi connectivity index (χ2n) is 7.78. The highest BCUT2D eigenvalue weighted by Gasteiger charge is 2.27. The normalized spacial score (nSPS) is 23.6. The SMILES string of the molecule is CC(C)C(CNC(=O)OC(C)(C)C)CNC1CCCC1CO. The summed E-state index contributed by atoms with van der Waals surface area (Å²) in [5.74, 6) is 1.20. The molecule has 3 atom stereocenters. The van der Waals surface area contributed by atoms with Crippen LogP contribution in [0.3, 0.4) is 0 Å². The predicted molar refractivity (Wildman–Crippen MR) is 88.8 cm³/mol. The van der Waals surface area contributed by atoms with Gasteiger partial charge in [-0.05, 0) is 51.4 Å². The van der Waals surface area contributed by atoms with Crippen LogP contribution in [0.25, 0.3) is 0 Å². The van der Waals surface area contributed by atoms with Crippen molar-refractivity contribution < 1.29 is 14.6 Å². The lowest BCUT2D eigenvalue weighted by Gasteiger charge is -2.27. The minimum atomic E-state index is -0.464. The Morgan fingerprint density at radius 3 is 2.50 bits per heavy atom. The summed E-state index contributed by atoms with van der Waals surface area (Å²) in [6.45, 7) is 11.7. The van der Waals surface area contributed by atoms with Crippen LogP contribution in [-0.2, 0) is 4.74 Å². The molecule has 5 heteroatoms. The van der Waals surface area contributed by atoms with E-state index < -0.39 is 5.60 Å². The van der Waals surface area contributed by atoms with Gasteiger partial charge in [-0.15, -0.1) is 0 Å². The first-order valence-corrected chi connectivity index (χ1v) is 8.54. The van der Waals surface area contributed by atoms with E-state index >= 15 is 0 Å². The minimum absolute atomic E-state index is 0.264. The Bertz CT molecular complexity index is 339. The molecule has 1 fully saturated rings. The number of alkyl carbamates (subject to hydrolysis) is 1. The van der Waals surface area contributed by atoms with Crippen LogP contribution in [0, 0.1) is 17.8 Å². The molecule has 130 valence electrons. The Hall–Kier alpha value is -0.810. The standard InChI is InChI=1S/C17H34N2O3/c1-12(2)14(10-19-16(21)22-17(3,4)5)9-18-15-8-6-7-13(15)11-20/h12-15,18,20H,6-11H2,1-5H3,(H,19,21). The van der Waals surface area contributed by atoms with Crippen molar-refractivity contribution >= 4 is 6.09 Å². The van der Waals surface area contributed by atoms with Gasteiger partial charge < -0.3 is 20.5 Å². The van der Waals surface area contributed by atoms with Crippen LogP contribution in [0.15, 0.2) is 0 Å². The van der Waals surface area contributed by atoms with Crippen molar-refractivity contribution in [2.45, 2.75) is 65.5 Å². The molecule has 0 bridgehead atoms. The van der Waals surface area contributed by atoms with Gasteiger partial charge in [0.2, 0.25) is 0 Å². The Morgan fingerprint density at radius 2 is 1.95 bits per heavy atom. The van der Waals surface area contributed by atoms with Gasteiger partial charge in [0.05, 0.1) is 0 Å². The molecule has 0 aromatic rings. The van der Waals surface area contributed by atoms with Gasteiger partial charge in [-0.25, -0.2) is 4.79 Å². The Kier molecular flexibility index (Phi) is 7.63. The van der Waals surface area contributed by atoms with Crippen molar-refractivity contribution in [3.63, 3.8) is 0 Å². The van der Waals surface area contributed by atoms with Crippen LogP contribution in [0.1, 0.15) is 53.9 Å². The molecule has 3 unspecified atom stereocenters. The minimum Gasteiger partial charge on any atom is -0.444 e. The Morgan fingerprint density at radius 1 is 1.27 bits per heavy atom. The molecule has 0 aliphatic heterocycles. The van der Waals surface area contributed by atoms with Crippen molar-refractivity contribution in [3.05, 3.63) is 0 Å². The maximum absolute atomic E-state index is 11.8. The number of aliphatic hydroxyl groups is 1. The van der Waals surface area contributed by atoms with E-state index in [1.165, 1.54) is 6.42 Å². The van der Waals surface area contributed by atoms with Crippen LogP contribution in [0.5, 0.6) is 0 Å². The number of amides is 1. The topological polar surface area (TPSA) is 70.6 Å². The van der Waals surface area contributed by atoms with Gasteiger partial charge >= 0.3 is 6.09 Å². The Labute approximate surface area is 135 Å². The maximum Gasteiger partial charge on any atom is 0.407 e. The van der Waals surface area contributed by atoms with Crippen LogP contribution < -0.4 is 10.6 Å². The van der Waals surface area contributed by atoms with E-state index in [2.05, 4.69) is 24.5 Å². The summed E-state index contributed by atoms with van der Waals surface area (Å²) < 4.78 is 5.28. The molecule has 0 spiro atoms. The smallest absolute Gasteiger partial charge is 0.407 e. The van der Waals surface area contributed by atoms with E-state index in [1.807, 2.05) is 20.8 Å². The maximum atomic E-state index is 11.8. The first-order chi connectivity index (χ1) is 10.2. The zero-order valence-electron chi connectivity index (χ0n) is 14.8. The second kappa shape index (κ2) is 8.73. The number of carbonyl (C=O) groups excluding carboxylic acids is 1. The lowest BCUT2D eigenvalue weighted by Crippen LogP contribution is -2.43. The van der Waals surface area contributed by atoms with Crippen LogP contribution in [0.4, 0.5) is 4.79 Å². The summed E-state index contributed by atoms with van der Waals surface area (Å²) in [5, 5.41) is 15.8. The monoisotopic (exact) mass is 314 g/mol. The van der Waals surface area contributed by atoms with Crippen LogP contribution >= 0.6 is 0 Å². The van der Waals surface area contributed by atoms with Crippen molar-refractivity contribution in [2.24, 2.45) is 17.8 Å². The molecule has 0 saturated heterocycles. The summed E-state index contributed by atoms with van der Waals surface area (Å²) in [5.41, 5.74) is -0.464. The third kappa shape index (κ3) is 6.97. The Balaban J connectivity index is 2.37. The number of rotatable bonds is 7. The molecule has 0 aromatic carbocycles. The summed E-state index contributed by atoms with van der Waals surface area (Å²) in [4.78, 5) is 11.8. The quantitative estimate of drug-likeness (QED) is 0.675. The highest BCUT2D eigenvalue weighted by atomic mass is 16.6. The largest absolute Gasteiger partial charge is 0.444 e. The second-order valence-corrected chi connectivity index (χ2v) is 7.78. The van der Waals surface area contributed by atoms with Crippen molar-refractivity contribution in [2.75, 3.05) is 19.7 Å². The molecule has 1 aliphatic carbocycles. The number of aliphatic hydroxyl groups excluding tert-OH is 1. The molecule has 3 N–H and O–H groups in total. The number of hydrogen-bond acceptors (Lipinski definition) is 4. The number of nitrogens with one attached hydrogen (secondary N) is 2. The zero-order valence-corrected chi connectivity index (χ0v) is 14.8.